The normalized spacial score (nSPS) is 20.3. The first-order chi connectivity index (χ1) is 21.8. The van der Waals surface area contributed by atoms with E-state index in [-0.39, 0.29) is 52.4 Å². The Hall–Kier alpha value is -4.58. The molecule has 0 radical (unpaired) electrons. The van der Waals surface area contributed by atoms with E-state index in [1.54, 1.807) is 40.8 Å². The van der Waals surface area contributed by atoms with Gasteiger partial charge in [0.05, 0.1) is 35.2 Å². The van der Waals surface area contributed by atoms with Crippen LogP contribution in [-0.2, 0) is 4.79 Å². The highest BCUT2D eigenvalue weighted by molar-refractivity contribution is 6.34. The summed E-state index contributed by atoms with van der Waals surface area (Å²) in [5.41, 5.74) is 2.64. The van der Waals surface area contributed by atoms with Crippen molar-refractivity contribution in [1.29, 1.82) is 10.5 Å². The first kappa shape index (κ1) is 30.4. The van der Waals surface area contributed by atoms with Crippen molar-refractivity contribution in [3.8, 4) is 29.1 Å². The van der Waals surface area contributed by atoms with Gasteiger partial charge in [-0.25, -0.2) is 14.1 Å². The van der Waals surface area contributed by atoms with E-state index in [1.807, 2.05) is 7.05 Å². The van der Waals surface area contributed by atoms with Gasteiger partial charge >= 0.3 is 0 Å². The lowest BCUT2D eigenvalue weighted by atomic mass is 9.94. The van der Waals surface area contributed by atoms with E-state index in [0.717, 1.165) is 19.4 Å². The van der Waals surface area contributed by atoms with Crippen LogP contribution in [-0.4, -0.2) is 74.5 Å². The largest absolute Gasteiger partial charge is 0.474 e. The Labute approximate surface area is 265 Å². The molecule has 1 amide bonds. The molecule has 0 N–H and O–H groups in total. The summed E-state index contributed by atoms with van der Waals surface area (Å²) in [6, 6.07) is 10.7. The predicted molar refractivity (Wildman–Crippen MR) is 168 cm³/mol. The SMILES string of the molecule is C=CC(=O)N1CC[C@H](n2nnc3c(OC[C@@H]4CCCN4C)nc4c(F)c(-c5cccc(C#N)c5C)c(Cl)cc4c32)C[C@H]1CC#N. The molecule has 0 unspecified atom stereocenters. The highest BCUT2D eigenvalue weighted by Crippen LogP contribution is 2.42. The van der Waals surface area contributed by atoms with Crippen molar-refractivity contribution in [3.63, 3.8) is 0 Å². The van der Waals surface area contributed by atoms with E-state index in [9.17, 15) is 15.3 Å². The number of halogens is 2. The lowest BCUT2D eigenvalue weighted by Gasteiger charge is -2.38. The minimum Gasteiger partial charge on any atom is -0.474 e. The molecule has 0 bridgehead atoms. The van der Waals surface area contributed by atoms with Crippen LogP contribution in [0.25, 0.3) is 33.1 Å². The van der Waals surface area contributed by atoms with E-state index in [2.05, 4.69) is 38.9 Å². The average molecular weight is 627 g/mol. The topological polar surface area (TPSA) is 124 Å². The number of fused-ring (bicyclic) bond motifs is 3. The van der Waals surface area contributed by atoms with Gasteiger partial charge in [-0.05, 0) is 75.5 Å². The number of pyridine rings is 1. The molecule has 6 rings (SSSR count). The molecule has 45 heavy (non-hydrogen) atoms. The molecule has 10 nitrogen and oxygen atoms in total. The first-order valence-electron chi connectivity index (χ1n) is 15.0. The number of nitriles is 2. The third-order valence-electron chi connectivity index (χ3n) is 9.18. The van der Waals surface area contributed by atoms with E-state index in [0.29, 0.717) is 59.1 Å². The third-order valence-corrected chi connectivity index (χ3v) is 9.48. The van der Waals surface area contributed by atoms with Crippen molar-refractivity contribution in [2.24, 2.45) is 0 Å². The molecule has 2 aromatic carbocycles. The van der Waals surface area contributed by atoms with Gasteiger partial charge in [0, 0.05) is 29.6 Å². The van der Waals surface area contributed by atoms with Crippen LogP contribution in [0.15, 0.2) is 36.9 Å². The zero-order valence-corrected chi connectivity index (χ0v) is 25.9. The number of hydrogen-bond acceptors (Lipinski definition) is 8. The van der Waals surface area contributed by atoms with E-state index >= 15 is 4.39 Å². The Bertz CT molecular complexity index is 1910. The lowest BCUT2D eigenvalue weighted by molar-refractivity contribution is -0.130. The summed E-state index contributed by atoms with van der Waals surface area (Å²) in [6.07, 6.45) is 4.45. The Kier molecular flexibility index (Phi) is 8.41. The van der Waals surface area contributed by atoms with Gasteiger partial charge in [-0.15, -0.1) is 5.10 Å². The standard InChI is InChI=1S/C33H32ClFN8O2/c1-4-27(44)42-14-11-22(15-21(42)10-12-36)43-32-25-16-26(34)28(24-9-5-7-20(17-37)19(24)2)29(35)30(25)38-33(31(32)39-40-43)45-18-23-8-6-13-41(23)3/h4-5,7,9,16,21-23H,1,6,8,10-11,13-15,18H2,2-3H3/t21-,22+,23+/m1/s1. The zero-order chi connectivity index (χ0) is 31.8. The molecular formula is C33H32ClFN8O2. The number of aromatic nitrogens is 4. The molecule has 2 fully saturated rings. The predicted octanol–water partition coefficient (Wildman–Crippen LogP) is 5.72. The van der Waals surface area contributed by atoms with Crippen molar-refractivity contribution in [1.82, 2.24) is 29.8 Å². The van der Waals surface area contributed by atoms with Crippen LogP contribution in [0.2, 0.25) is 5.02 Å². The summed E-state index contributed by atoms with van der Waals surface area (Å²) < 4.78 is 24.7. The Morgan fingerprint density at radius 1 is 1.24 bits per heavy atom. The van der Waals surface area contributed by atoms with Crippen molar-refractivity contribution >= 4 is 39.4 Å². The van der Waals surface area contributed by atoms with Crippen molar-refractivity contribution in [2.45, 2.75) is 57.2 Å². The minimum absolute atomic E-state index is 0.0508. The van der Waals surface area contributed by atoms with Crippen LogP contribution in [0.1, 0.15) is 49.3 Å². The number of amides is 1. The average Bonchev–Trinajstić information content (AvgIpc) is 3.67. The van der Waals surface area contributed by atoms with Gasteiger partial charge < -0.3 is 14.5 Å². The second-order valence-corrected chi connectivity index (χ2v) is 12.1. The number of piperidine rings is 1. The molecule has 0 aliphatic carbocycles. The number of hydrogen-bond donors (Lipinski definition) is 0. The maximum absolute atomic E-state index is 16.7. The number of nitrogens with zero attached hydrogens (tertiary/aromatic N) is 8. The van der Waals surface area contributed by atoms with Crippen LogP contribution >= 0.6 is 11.6 Å². The molecule has 2 aliphatic rings. The summed E-state index contributed by atoms with van der Waals surface area (Å²) in [4.78, 5) is 21.1. The van der Waals surface area contributed by atoms with E-state index in [1.165, 1.54) is 6.08 Å². The van der Waals surface area contributed by atoms with Gasteiger partial charge in [-0.3, -0.25) is 4.79 Å². The number of ether oxygens (including phenoxy) is 1. The van der Waals surface area contributed by atoms with Crippen LogP contribution in [0.5, 0.6) is 5.88 Å². The highest BCUT2D eigenvalue weighted by Gasteiger charge is 2.34. The molecule has 4 aromatic rings. The molecular weight excluding hydrogens is 595 g/mol. The number of carbonyl (C=O) groups excluding carboxylic acids is 1. The second-order valence-electron chi connectivity index (χ2n) is 11.7. The Balaban J connectivity index is 1.53. The van der Waals surface area contributed by atoms with Crippen molar-refractivity contribution in [3.05, 3.63) is 58.9 Å². The third kappa shape index (κ3) is 5.37. The smallest absolute Gasteiger partial charge is 0.246 e. The van der Waals surface area contributed by atoms with Crippen molar-refractivity contribution < 1.29 is 13.9 Å². The summed E-state index contributed by atoms with van der Waals surface area (Å²) in [7, 11) is 2.05. The monoisotopic (exact) mass is 626 g/mol. The quantitative estimate of drug-likeness (QED) is 0.239. The van der Waals surface area contributed by atoms with Crippen molar-refractivity contribution in [2.75, 3.05) is 26.7 Å². The van der Waals surface area contributed by atoms with Gasteiger partial charge in [0.1, 0.15) is 17.6 Å². The van der Waals surface area contributed by atoms with Gasteiger partial charge in [0.15, 0.2) is 11.3 Å². The summed E-state index contributed by atoms with van der Waals surface area (Å²) in [6.45, 7) is 7.09. The van der Waals surface area contributed by atoms with Crippen LogP contribution in [0.4, 0.5) is 4.39 Å². The molecule has 12 heteroatoms. The Morgan fingerprint density at radius 2 is 2.07 bits per heavy atom. The molecule has 2 aliphatic heterocycles. The van der Waals surface area contributed by atoms with Crippen LogP contribution in [0, 0.1) is 35.4 Å². The summed E-state index contributed by atoms with van der Waals surface area (Å²) in [5, 5.41) is 28.7. The van der Waals surface area contributed by atoms with E-state index < -0.39 is 5.82 Å². The van der Waals surface area contributed by atoms with Gasteiger partial charge in [-0.2, -0.15) is 10.5 Å². The molecule has 0 saturated carbocycles. The van der Waals surface area contributed by atoms with E-state index in [4.69, 9.17) is 16.3 Å². The molecule has 230 valence electrons. The summed E-state index contributed by atoms with van der Waals surface area (Å²) >= 11 is 6.83. The number of likely N-dealkylation sites (N-methyl/N-ethyl adjacent to an activating group) is 1. The van der Waals surface area contributed by atoms with Gasteiger partial charge in [-0.1, -0.05) is 35.5 Å². The first-order valence-corrected chi connectivity index (χ1v) is 15.3. The lowest BCUT2D eigenvalue weighted by Crippen LogP contribution is -2.45. The van der Waals surface area contributed by atoms with Gasteiger partial charge in [0.2, 0.25) is 11.8 Å². The molecule has 0 spiro atoms. The zero-order valence-electron chi connectivity index (χ0n) is 25.1. The number of benzene rings is 2. The Morgan fingerprint density at radius 3 is 2.78 bits per heavy atom. The number of rotatable bonds is 7. The fourth-order valence-corrected chi connectivity index (χ4v) is 6.99. The van der Waals surface area contributed by atoms with Crippen LogP contribution < -0.4 is 4.74 Å². The summed E-state index contributed by atoms with van der Waals surface area (Å²) in [5.74, 6) is -0.690. The molecule has 2 aromatic heterocycles. The maximum Gasteiger partial charge on any atom is 0.246 e. The molecule has 4 heterocycles. The minimum atomic E-state index is -0.637. The number of likely N-dealkylation sites (tertiary alicyclic amines) is 2. The second kappa shape index (κ2) is 12.4. The molecule has 3 atom stereocenters. The number of carbonyl (C=O) groups is 1. The fraction of sp³-hybridized carbons (Fsp3) is 0.394. The van der Waals surface area contributed by atoms with Crippen LogP contribution in [0.3, 0.4) is 0 Å². The molecule has 2 saturated heterocycles. The highest BCUT2D eigenvalue weighted by atomic mass is 35.5. The fourth-order valence-electron chi connectivity index (χ4n) is 6.70. The maximum atomic E-state index is 16.7. The van der Waals surface area contributed by atoms with Gasteiger partial charge in [0.25, 0.3) is 0 Å².